The Morgan fingerprint density at radius 3 is 2.07 bits per heavy atom. The monoisotopic (exact) mass is 361 g/mol. The molecule has 1 N–H and O–H groups in total. The van der Waals surface area contributed by atoms with E-state index in [1.54, 1.807) is 25.3 Å². The van der Waals surface area contributed by atoms with Gasteiger partial charge in [0.1, 0.15) is 17.2 Å². The molecule has 27 heavy (non-hydrogen) atoms. The molecule has 0 aliphatic heterocycles. The minimum Gasteiger partial charge on any atom is -0.496 e. The van der Waals surface area contributed by atoms with Crippen molar-refractivity contribution < 1.29 is 19.1 Å². The van der Waals surface area contributed by atoms with Crippen LogP contribution in [0.1, 0.15) is 12.5 Å². The van der Waals surface area contributed by atoms with Crippen molar-refractivity contribution in [1.82, 2.24) is 5.32 Å². The average molecular weight is 361 g/mol. The third-order valence-electron chi connectivity index (χ3n) is 3.91. The summed E-state index contributed by atoms with van der Waals surface area (Å²) < 4.78 is 10.9. The maximum Gasteiger partial charge on any atom is 0.360 e. The second kappa shape index (κ2) is 8.19. The van der Waals surface area contributed by atoms with Gasteiger partial charge in [0.25, 0.3) is 0 Å². The van der Waals surface area contributed by atoms with Crippen LogP contribution < -0.4 is 14.8 Å². The van der Waals surface area contributed by atoms with Gasteiger partial charge in [-0.25, -0.2) is 4.79 Å². The molecule has 5 heteroatoms. The van der Waals surface area contributed by atoms with E-state index in [1.807, 2.05) is 54.6 Å². The van der Waals surface area contributed by atoms with Crippen molar-refractivity contribution in [2.45, 2.75) is 6.92 Å². The Morgan fingerprint density at radius 1 is 0.852 bits per heavy atom. The summed E-state index contributed by atoms with van der Waals surface area (Å²) in [5.74, 6) is 0.0751. The van der Waals surface area contributed by atoms with Crippen LogP contribution in [0, 0.1) is 0 Å². The number of nitrogens with one attached hydrogen (secondary N) is 1. The van der Waals surface area contributed by atoms with E-state index in [-0.39, 0.29) is 11.6 Å². The fourth-order valence-corrected chi connectivity index (χ4v) is 2.72. The predicted octanol–water partition coefficient (Wildman–Crippen LogP) is 3.93. The van der Waals surface area contributed by atoms with Crippen LogP contribution in [0.15, 0.2) is 72.4 Å². The molecule has 1 amide bonds. The average Bonchev–Trinajstić information content (AvgIpc) is 2.68. The summed E-state index contributed by atoms with van der Waals surface area (Å²) in [6.07, 6.45) is 1.58. The van der Waals surface area contributed by atoms with Gasteiger partial charge >= 0.3 is 5.97 Å². The Morgan fingerprint density at radius 2 is 1.44 bits per heavy atom. The van der Waals surface area contributed by atoms with Gasteiger partial charge < -0.3 is 14.8 Å². The minimum atomic E-state index is -0.649. The number of benzene rings is 3. The van der Waals surface area contributed by atoms with Crippen molar-refractivity contribution in [1.29, 1.82) is 0 Å². The van der Waals surface area contributed by atoms with Crippen molar-refractivity contribution in [3.63, 3.8) is 0 Å². The molecule has 0 atom stereocenters. The Balaban J connectivity index is 1.96. The third kappa shape index (κ3) is 4.33. The molecule has 136 valence electrons. The Hall–Kier alpha value is -3.60. The predicted molar refractivity (Wildman–Crippen MR) is 104 cm³/mol. The van der Waals surface area contributed by atoms with Gasteiger partial charge in [0.05, 0.1) is 7.11 Å². The van der Waals surface area contributed by atoms with Crippen LogP contribution in [0.2, 0.25) is 0 Å². The zero-order chi connectivity index (χ0) is 19.2. The van der Waals surface area contributed by atoms with Gasteiger partial charge in [0, 0.05) is 17.7 Å². The number of rotatable bonds is 5. The number of carbonyl (C=O) groups excluding carboxylic acids is 2. The van der Waals surface area contributed by atoms with Gasteiger partial charge in [-0.3, -0.25) is 4.79 Å². The van der Waals surface area contributed by atoms with Gasteiger partial charge in [-0.1, -0.05) is 54.6 Å². The molecule has 0 heterocycles. The molecule has 0 saturated carbocycles. The number of amides is 1. The van der Waals surface area contributed by atoms with E-state index in [2.05, 4.69) is 5.32 Å². The second-order valence-electron chi connectivity index (χ2n) is 5.85. The number of fused-ring (bicyclic) bond motifs is 1. The molecule has 0 spiro atoms. The molecule has 0 saturated heterocycles. The summed E-state index contributed by atoms with van der Waals surface area (Å²) >= 11 is 0. The maximum absolute atomic E-state index is 12.7. The summed E-state index contributed by atoms with van der Waals surface area (Å²) in [5.41, 5.74) is 0.839. The number of hydrogen-bond acceptors (Lipinski definition) is 4. The van der Waals surface area contributed by atoms with Crippen LogP contribution >= 0.6 is 0 Å². The van der Waals surface area contributed by atoms with Crippen LogP contribution in [0.3, 0.4) is 0 Å². The Bertz CT molecular complexity index is 1010. The lowest BCUT2D eigenvalue weighted by Gasteiger charge is -2.12. The molecule has 3 aromatic carbocycles. The second-order valence-corrected chi connectivity index (χ2v) is 5.85. The third-order valence-corrected chi connectivity index (χ3v) is 3.91. The zero-order valence-electron chi connectivity index (χ0n) is 15.1. The summed E-state index contributed by atoms with van der Waals surface area (Å²) in [7, 11) is 1.59. The Kier molecular flexibility index (Phi) is 5.52. The van der Waals surface area contributed by atoms with Crippen LogP contribution in [0.25, 0.3) is 16.8 Å². The molecular formula is C22H19NO4. The first-order valence-corrected chi connectivity index (χ1v) is 8.40. The molecule has 0 aromatic heterocycles. The van der Waals surface area contributed by atoms with Crippen LogP contribution in [0.5, 0.6) is 11.5 Å². The van der Waals surface area contributed by atoms with Crippen molar-refractivity contribution >= 4 is 28.7 Å². The van der Waals surface area contributed by atoms with E-state index in [9.17, 15) is 9.59 Å². The molecule has 0 aliphatic carbocycles. The van der Waals surface area contributed by atoms with Crippen molar-refractivity contribution in [2.75, 3.05) is 7.11 Å². The summed E-state index contributed by atoms with van der Waals surface area (Å²) in [4.78, 5) is 24.2. The zero-order valence-corrected chi connectivity index (χ0v) is 15.1. The lowest BCUT2D eigenvalue weighted by atomic mass is 10.1. The molecular weight excluding hydrogens is 342 g/mol. The quantitative estimate of drug-likeness (QED) is 0.425. The SMILES string of the molecule is COc1ccc(OC(=O)/C(=C/c2ccccc2)NC(C)=O)c2ccccc12. The first-order chi connectivity index (χ1) is 13.1. The first kappa shape index (κ1) is 18.2. The largest absolute Gasteiger partial charge is 0.496 e. The van der Waals surface area contributed by atoms with Gasteiger partial charge in [-0.15, -0.1) is 0 Å². The van der Waals surface area contributed by atoms with E-state index in [0.717, 1.165) is 16.3 Å². The van der Waals surface area contributed by atoms with E-state index in [0.29, 0.717) is 11.5 Å². The molecule has 0 radical (unpaired) electrons. The minimum absolute atomic E-state index is 0.0635. The molecule has 0 unspecified atom stereocenters. The van der Waals surface area contributed by atoms with Crippen molar-refractivity contribution in [3.8, 4) is 11.5 Å². The molecule has 0 fully saturated rings. The van der Waals surface area contributed by atoms with Gasteiger partial charge in [0.15, 0.2) is 0 Å². The number of ether oxygens (including phenoxy) is 2. The maximum atomic E-state index is 12.7. The molecule has 3 rings (SSSR count). The molecule has 5 nitrogen and oxygen atoms in total. The topological polar surface area (TPSA) is 64.6 Å². The van der Waals surface area contributed by atoms with Crippen LogP contribution in [-0.2, 0) is 9.59 Å². The van der Waals surface area contributed by atoms with Crippen LogP contribution in [0.4, 0.5) is 0 Å². The van der Waals surface area contributed by atoms with E-state index < -0.39 is 5.97 Å². The van der Waals surface area contributed by atoms with E-state index in [1.165, 1.54) is 6.92 Å². The fourth-order valence-electron chi connectivity index (χ4n) is 2.72. The van der Waals surface area contributed by atoms with E-state index in [4.69, 9.17) is 9.47 Å². The van der Waals surface area contributed by atoms with Gasteiger partial charge in [-0.05, 0) is 23.8 Å². The fraction of sp³-hybridized carbons (Fsp3) is 0.0909. The first-order valence-electron chi connectivity index (χ1n) is 8.40. The van der Waals surface area contributed by atoms with Crippen LogP contribution in [-0.4, -0.2) is 19.0 Å². The van der Waals surface area contributed by atoms with Gasteiger partial charge in [0.2, 0.25) is 5.91 Å². The molecule has 3 aromatic rings. The van der Waals surface area contributed by atoms with Crippen molar-refractivity contribution in [2.24, 2.45) is 0 Å². The normalized spacial score (nSPS) is 11.1. The highest BCUT2D eigenvalue weighted by molar-refractivity contribution is 6.01. The van der Waals surface area contributed by atoms with Gasteiger partial charge in [-0.2, -0.15) is 0 Å². The molecule has 0 aliphatic rings. The number of esters is 1. The number of hydrogen-bond donors (Lipinski definition) is 1. The Labute approximate surface area is 157 Å². The standard InChI is InChI=1S/C22H19NO4/c1-15(24)23-19(14-16-8-4-3-5-9-16)22(25)27-21-13-12-20(26-2)17-10-6-7-11-18(17)21/h3-14H,1-2H3,(H,23,24)/b19-14-. The smallest absolute Gasteiger partial charge is 0.360 e. The summed E-state index contributed by atoms with van der Waals surface area (Å²) in [6.45, 7) is 1.34. The number of carbonyl (C=O) groups is 2. The highest BCUT2D eigenvalue weighted by Gasteiger charge is 2.16. The lowest BCUT2D eigenvalue weighted by molar-refractivity contribution is -0.132. The highest BCUT2D eigenvalue weighted by Crippen LogP contribution is 2.33. The molecule has 0 bridgehead atoms. The number of methoxy groups -OCH3 is 1. The highest BCUT2D eigenvalue weighted by atomic mass is 16.5. The van der Waals surface area contributed by atoms with E-state index >= 15 is 0 Å². The summed E-state index contributed by atoms with van der Waals surface area (Å²) in [6, 6.07) is 20.1. The summed E-state index contributed by atoms with van der Waals surface area (Å²) in [5, 5.41) is 4.12. The van der Waals surface area contributed by atoms with Crippen molar-refractivity contribution in [3.05, 3.63) is 78.0 Å². The lowest BCUT2D eigenvalue weighted by Crippen LogP contribution is -2.27.